The van der Waals surface area contributed by atoms with Crippen LogP contribution >= 0.6 is 11.8 Å². The van der Waals surface area contributed by atoms with Gasteiger partial charge in [0.2, 0.25) is 5.91 Å². The number of rotatable bonds is 6. The Balaban J connectivity index is 1.40. The third-order valence-corrected chi connectivity index (χ3v) is 5.20. The summed E-state index contributed by atoms with van der Waals surface area (Å²) in [6.45, 7) is -0.233. The molecule has 32 heavy (non-hydrogen) atoms. The van der Waals surface area contributed by atoms with Gasteiger partial charge in [-0.1, -0.05) is 11.8 Å². The van der Waals surface area contributed by atoms with Crippen molar-refractivity contribution in [3.63, 3.8) is 0 Å². The average molecular weight is 462 g/mol. The van der Waals surface area contributed by atoms with E-state index >= 15 is 0 Å². The van der Waals surface area contributed by atoms with Crippen LogP contribution in [0.4, 0.5) is 17.6 Å². The van der Waals surface area contributed by atoms with E-state index in [0.29, 0.717) is 22.6 Å². The Morgan fingerprint density at radius 3 is 2.72 bits per heavy atom. The molecule has 0 aliphatic rings. The van der Waals surface area contributed by atoms with Crippen molar-refractivity contribution >= 4 is 23.3 Å². The van der Waals surface area contributed by atoms with Crippen molar-refractivity contribution in [1.82, 2.24) is 30.1 Å². The first-order valence-corrected chi connectivity index (χ1v) is 10.2. The van der Waals surface area contributed by atoms with Crippen LogP contribution in [0, 0.1) is 5.82 Å². The first-order valence-electron chi connectivity index (χ1n) is 9.18. The summed E-state index contributed by atoms with van der Waals surface area (Å²) < 4.78 is 53.4. The quantitative estimate of drug-likeness (QED) is 0.347. The number of halogens is 4. The van der Waals surface area contributed by atoms with Crippen molar-refractivity contribution in [3.05, 3.63) is 71.8 Å². The van der Waals surface area contributed by atoms with Gasteiger partial charge in [-0.2, -0.15) is 22.8 Å². The second-order valence-corrected chi connectivity index (χ2v) is 7.61. The first-order chi connectivity index (χ1) is 15.3. The van der Waals surface area contributed by atoms with E-state index in [1.165, 1.54) is 4.52 Å². The molecule has 0 aliphatic carbocycles. The molecule has 7 nitrogen and oxygen atoms in total. The van der Waals surface area contributed by atoms with Crippen LogP contribution in [0.25, 0.3) is 17.0 Å². The number of thioether (sulfide) groups is 1. The zero-order chi connectivity index (χ0) is 22.7. The van der Waals surface area contributed by atoms with E-state index in [0.717, 1.165) is 29.5 Å². The zero-order valence-corrected chi connectivity index (χ0v) is 17.0. The van der Waals surface area contributed by atoms with Crippen molar-refractivity contribution < 1.29 is 22.4 Å². The van der Waals surface area contributed by atoms with Crippen LogP contribution in [0.5, 0.6) is 0 Å². The number of aromatic nitrogens is 5. The Morgan fingerprint density at radius 2 is 1.97 bits per heavy atom. The summed E-state index contributed by atoms with van der Waals surface area (Å²) in [7, 11) is 0. The van der Waals surface area contributed by atoms with Crippen LogP contribution in [0.15, 0.2) is 59.9 Å². The summed E-state index contributed by atoms with van der Waals surface area (Å²) in [5, 5.41) is 15.6. The molecule has 0 saturated carbocycles. The number of hydrogen-bond acceptors (Lipinski definition) is 6. The number of carbonyl (C=O) groups excluding carboxylic acids is 1. The maximum absolute atomic E-state index is 13.5. The molecule has 3 heterocycles. The highest BCUT2D eigenvalue weighted by molar-refractivity contribution is 7.99. The standard InChI is InChI=1S/C20H14F4N6OS/c21-15-7-12(6-14(8-15)20(22,23)24)9-26-17(31)11-32-18-4-3-16-27-28-19(30(16)29-18)13-2-1-5-25-10-13/h1-8,10H,9,11H2,(H,26,31). The number of amides is 1. The van der Waals surface area contributed by atoms with E-state index in [1.807, 2.05) is 6.07 Å². The van der Waals surface area contributed by atoms with Gasteiger partial charge in [-0.3, -0.25) is 9.78 Å². The predicted molar refractivity (Wildman–Crippen MR) is 108 cm³/mol. The van der Waals surface area contributed by atoms with Gasteiger partial charge in [0.05, 0.1) is 11.3 Å². The molecule has 1 amide bonds. The Morgan fingerprint density at radius 1 is 1.12 bits per heavy atom. The third-order valence-electron chi connectivity index (χ3n) is 4.28. The number of nitrogens with one attached hydrogen (secondary N) is 1. The molecule has 0 unspecified atom stereocenters. The number of pyridine rings is 1. The summed E-state index contributed by atoms with van der Waals surface area (Å²) in [5.74, 6) is -1.00. The fraction of sp³-hybridized carbons (Fsp3) is 0.150. The fourth-order valence-corrected chi connectivity index (χ4v) is 3.52. The van der Waals surface area contributed by atoms with Gasteiger partial charge in [0.25, 0.3) is 0 Å². The van der Waals surface area contributed by atoms with Crippen molar-refractivity contribution in [1.29, 1.82) is 0 Å². The number of alkyl halides is 3. The molecule has 1 N–H and O–H groups in total. The SMILES string of the molecule is O=C(CSc1ccc2nnc(-c3cccnc3)n2n1)NCc1cc(F)cc(C(F)(F)F)c1. The van der Waals surface area contributed by atoms with Gasteiger partial charge in [-0.05, 0) is 48.0 Å². The molecule has 0 aliphatic heterocycles. The smallest absolute Gasteiger partial charge is 0.351 e. The van der Waals surface area contributed by atoms with Gasteiger partial charge in [-0.25, -0.2) is 4.39 Å². The average Bonchev–Trinajstić information content (AvgIpc) is 3.19. The first kappa shape index (κ1) is 21.7. The predicted octanol–water partition coefficient (Wildman–Crippen LogP) is 3.75. The van der Waals surface area contributed by atoms with Gasteiger partial charge < -0.3 is 5.32 Å². The minimum Gasteiger partial charge on any atom is -0.351 e. The highest BCUT2D eigenvalue weighted by atomic mass is 32.2. The number of carbonyl (C=O) groups is 1. The molecule has 0 saturated heterocycles. The van der Waals surface area contributed by atoms with E-state index in [2.05, 4.69) is 25.6 Å². The van der Waals surface area contributed by atoms with Crippen molar-refractivity contribution in [2.45, 2.75) is 17.7 Å². The molecule has 0 fully saturated rings. The molecular weight excluding hydrogens is 448 g/mol. The summed E-state index contributed by atoms with van der Waals surface area (Å²) >= 11 is 1.13. The van der Waals surface area contributed by atoms with Gasteiger partial charge in [0, 0.05) is 24.5 Å². The topological polar surface area (TPSA) is 85.1 Å². The fourth-order valence-electron chi connectivity index (χ4n) is 2.83. The number of nitrogens with zero attached hydrogens (tertiary/aromatic N) is 5. The monoisotopic (exact) mass is 462 g/mol. The van der Waals surface area contributed by atoms with E-state index in [4.69, 9.17) is 0 Å². The lowest BCUT2D eigenvalue weighted by Gasteiger charge is -2.10. The Bertz CT molecular complexity index is 1260. The van der Waals surface area contributed by atoms with Gasteiger partial charge in [0.15, 0.2) is 11.5 Å². The molecule has 0 atom stereocenters. The van der Waals surface area contributed by atoms with Crippen LogP contribution < -0.4 is 5.32 Å². The molecule has 3 aromatic heterocycles. The lowest BCUT2D eigenvalue weighted by atomic mass is 10.1. The second-order valence-electron chi connectivity index (χ2n) is 6.62. The van der Waals surface area contributed by atoms with Gasteiger partial charge in [-0.15, -0.1) is 10.2 Å². The molecular formula is C20H14F4N6OS. The van der Waals surface area contributed by atoms with Crippen LogP contribution in [-0.2, 0) is 17.5 Å². The highest BCUT2D eigenvalue weighted by Crippen LogP contribution is 2.30. The van der Waals surface area contributed by atoms with Gasteiger partial charge >= 0.3 is 6.18 Å². The molecule has 4 aromatic rings. The zero-order valence-electron chi connectivity index (χ0n) is 16.2. The Labute approximate surface area is 182 Å². The molecule has 0 radical (unpaired) electrons. The molecule has 12 heteroatoms. The lowest BCUT2D eigenvalue weighted by molar-refractivity contribution is -0.137. The maximum Gasteiger partial charge on any atom is 0.416 e. The largest absolute Gasteiger partial charge is 0.416 e. The second kappa shape index (κ2) is 8.91. The summed E-state index contributed by atoms with van der Waals surface area (Å²) in [4.78, 5) is 16.2. The van der Waals surface area contributed by atoms with E-state index < -0.39 is 23.5 Å². The van der Waals surface area contributed by atoms with Crippen LogP contribution in [-0.4, -0.2) is 36.5 Å². The Hall–Kier alpha value is -3.54. The van der Waals surface area contributed by atoms with Gasteiger partial charge in [0.1, 0.15) is 10.8 Å². The summed E-state index contributed by atoms with van der Waals surface area (Å²) in [5.41, 5.74) is 0.151. The lowest BCUT2D eigenvalue weighted by Crippen LogP contribution is -2.25. The van der Waals surface area contributed by atoms with Crippen molar-refractivity contribution in [3.8, 4) is 11.4 Å². The molecule has 164 valence electrons. The maximum atomic E-state index is 13.5. The number of hydrogen-bond donors (Lipinski definition) is 1. The highest BCUT2D eigenvalue weighted by Gasteiger charge is 2.31. The van der Waals surface area contributed by atoms with E-state index in [1.54, 1.807) is 30.6 Å². The molecule has 4 rings (SSSR count). The van der Waals surface area contributed by atoms with E-state index in [9.17, 15) is 22.4 Å². The van der Waals surface area contributed by atoms with Crippen LogP contribution in [0.2, 0.25) is 0 Å². The normalized spacial score (nSPS) is 11.6. The Kier molecular flexibility index (Phi) is 6.04. The van der Waals surface area contributed by atoms with Crippen LogP contribution in [0.1, 0.15) is 11.1 Å². The van der Waals surface area contributed by atoms with E-state index in [-0.39, 0.29) is 17.9 Å². The summed E-state index contributed by atoms with van der Waals surface area (Å²) in [6, 6.07) is 9.11. The molecule has 0 spiro atoms. The van der Waals surface area contributed by atoms with Crippen molar-refractivity contribution in [2.24, 2.45) is 0 Å². The number of benzene rings is 1. The number of fused-ring (bicyclic) bond motifs is 1. The minimum atomic E-state index is -4.67. The summed E-state index contributed by atoms with van der Waals surface area (Å²) in [6.07, 6.45) is -1.41. The molecule has 0 bridgehead atoms. The van der Waals surface area contributed by atoms with Crippen molar-refractivity contribution in [2.75, 3.05) is 5.75 Å². The molecule has 1 aromatic carbocycles. The minimum absolute atomic E-state index is 0.0146. The van der Waals surface area contributed by atoms with Crippen LogP contribution in [0.3, 0.4) is 0 Å². The third kappa shape index (κ3) is 5.02.